The highest BCUT2D eigenvalue weighted by atomic mass is 16.5. The molecule has 0 unspecified atom stereocenters. The Kier molecular flexibility index (Phi) is 5.98. The highest BCUT2D eigenvalue weighted by Crippen LogP contribution is 2.19. The number of benzene rings is 2. The Balaban J connectivity index is 1.89. The lowest BCUT2D eigenvalue weighted by molar-refractivity contribution is -0.139. The van der Waals surface area contributed by atoms with Gasteiger partial charge in [-0.05, 0) is 30.7 Å². The molecule has 2 aromatic carbocycles. The maximum absolute atomic E-state index is 10.6. The van der Waals surface area contributed by atoms with Crippen LogP contribution in [0.5, 0.6) is 5.75 Å². The Bertz CT molecular complexity index is 598. The van der Waals surface area contributed by atoms with Crippen molar-refractivity contribution in [1.29, 1.82) is 0 Å². The van der Waals surface area contributed by atoms with Crippen molar-refractivity contribution < 1.29 is 14.6 Å². The van der Waals surface area contributed by atoms with Crippen LogP contribution in [0.3, 0.4) is 0 Å². The zero-order valence-electron chi connectivity index (χ0n) is 12.7. The van der Waals surface area contributed by atoms with Crippen molar-refractivity contribution in [3.63, 3.8) is 0 Å². The number of nitrogens with zero attached hydrogens (tertiary/aromatic N) is 1. The highest BCUT2D eigenvalue weighted by molar-refractivity contribution is 5.68. The van der Waals surface area contributed by atoms with E-state index < -0.39 is 5.97 Å². The summed E-state index contributed by atoms with van der Waals surface area (Å²) in [4.78, 5) is 12.9. The number of likely N-dealkylation sites (N-methyl/N-ethyl adjacent to an activating group) is 1. The third-order valence-corrected chi connectivity index (χ3v) is 3.38. The number of carboxylic acids is 1. The predicted octanol–water partition coefficient (Wildman–Crippen LogP) is 2.82. The lowest BCUT2D eigenvalue weighted by Crippen LogP contribution is -2.21. The lowest BCUT2D eigenvalue weighted by Gasteiger charge is -2.17. The largest absolute Gasteiger partial charge is 0.482 e. The number of rotatable bonds is 8. The van der Waals surface area contributed by atoms with Crippen LogP contribution in [0.15, 0.2) is 54.6 Å². The van der Waals surface area contributed by atoms with Gasteiger partial charge in [0.15, 0.2) is 6.61 Å². The minimum Gasteiger partial charge on any atom is -0.482 e. The van der Waals surface area contributed by atoms with Gasteiger partial charge in [0, 0.05) is 13.1 Å². The van der Waals surface area contributed by atoms with Crippen molar-refractivity contribution in [2.75, 3.05) is 20.2 Å². The first kappa shape index (κ1) is 16.0. The number of para-hydroxylation sites is 1. The summed E-state index contributed by atoms with van der Waals surface area (Å²) in [5.74, 6) is -0.311. The number of aliphatic carboxylic acids is 1. The first-order chi connectivity index (χ1) is 10.6. The molecular weight excluding hydrogens is 278 g/mol. The average molecular weight is 299 g/mol. The van der Waals surface area contributed by atoms with Crippen LogP contribution in [0.4, 0.5) is 0 Å². The molecule has 0 saturated carbocycles. The molecule has 0 heterocycles. The third kappa shape index (κ3) is 5.22. The van der Waals surface area contributed by atoms with E-state index in [4.69, 9.17) is 9.84 Å². The number of carboxylic acid groups (broad SMARTS) is 1. The molecule has 0 amide bonds. The maximum Gasteiger partial charge on any atom is 0.341 e. The molecular formula is C18H21NO3. The molecule has 2 rings (SSSR count). The SMILES string of the molecule is CN(CCc1ccccc1OCC(=O)O)Cc1ccccc1. The van der Waals surface area contributed by atoms with Gasteiger partial charge in [0.25, 0.3) is 0 Å². The summed E-state index contributed by atoms with van der Waals surface area (Å²) >= 11 is 0. The molecule has 0 aliphatic rings. The van der Waals surface area contributed by atoms with Crippen molar-refractivity contribution in [2.45, 2.75) is 13.0 Å². The molecule has 4 heteroatoms. The van der Waals surface area contributed by atoms with E-state index in [0.717, 1.165) is 25.1 Å². The van der Waals surface area contributed by atoms with Gasteiger partial charge in [0.1, 0.15) is 5.75 Å². The molecule has 0 saturated heterocycles. The molecule has 0 spiro atoms. The molecule has 0 bridgehead atoms. The molecule has 22 heavy (non-hydrogen) atoms. The van der Waals surface area contributed by atoms with Crippen molar-refractivity contribution in [2.24, 2.45) is 0 Å². The second-order valence-corrected chi connectivity index (χ2v) is 5.26. The van der Waals surface area contributed by atoms with E-state index in [1.165, 1.54) is 5.56 Å². The van der Waals surface area contributed by atoms with Gasteiger partial charge in [-0.25, -0.2) is 4.79 Å². The van der Waals surface area contributed by atoms with Crippen molar-refractivity contribution in [1.82, 2.24) is 4.90 Å². The normalized spacial score (nSPS) is 10.6. The maximum atomic E-state index is 10.6. The number of ether oxygens (including phenoxy) is 1. The van der Waals surface area contributed by atoms with Crippen LogP contribution in [0.2, 0.25) is 0 Å². The van der Waals surface area contributed by atoms with E-state index in [2.05, 4.69) is 24.1 Å². The van der Waals surface area contributed by atoms with Crippen LogP contribution in [0.1, 0.15) is 11.1 Å². The molecule has 1 N–H and O–H groups in total. The topological polar surface area (TPSA) is 49.8 Å². The van der Waals surface area contributed by atoms with Gasteiger partial charge >= 0.3 is 5.97 Å². The second-order valence-electron chi connectivity index (χ2n) is 5.26. The average Bonchev–Trinajstić information content (AvgIpc) is 2.52. The highest BCUT2D eigenvalue weighted by Gasteiger charge is 2.07. The Labute approximate surface area is 131 Å². The molecule has 2 aromatic rings. The fourth-order valence-electron chi connectivity index (χ4n) is 2.28. The summed E-state index contributed by atoms with van der Waals surface area (Å²) in [5.41, 5.74) is 2.31. The van der Waals surface area contributed by atoms with Gasteiger partial charge in [-0.1, -0.05) is 48.5 Å². The third-order valence-electron chi connectivity index (χ3n) is 3.38. The van der Waals surface area contributed by atoms with Crippen LogP contribution in [-0.2, 0) is 17.8 Å². The van der Waals surface area contributed by atoms with Crippen LogP contribution >= 0.6 is 0 Å². The summed E-state index contributed by atoms with van der Waals surface area (Å²) in [6.07, 6.45) is 0.819. The summed E-state index contributed by atoms with van der Waals surface area (Å²) in [5, 5.41) is 8.71. The molecule has 0 radical (unpaired) electrons. The predicted molar refractivity (Wildman–Crippen MR) is 86.1 cm³/mol. The number of hydrogen-bond acceptors (Lipinski definition) is 3. The van der Waals surface area contributed by atoms with Gasteiger partial charge in [0.2, 0.25) is 0 Å². The number of carbonyl (C=O) groups is 1. The van der Waals surface area contributed by atoms with Gasteiger partial charge in [-0.3, -0.25) is 0 Å². The molecule has 0 aliphatic heterocycles. The van der Waals surface area contributed by atoms with E-state index in [1.807, 2.05) is 42.5 Å². The van der Waals surface area contributed by atoms with E-state index >= 15 is 0 Å². The fraction of sp³-hybridized carbons (Fsp3) is 0.278. The monoisotopic (exact) mass is 299 g/mol. The van der Waals surface area contributed by atoms with Gasteiger partial charge < -0.3 is 14.7 Å². The van der Waals surface area contributed by atoms with E-state index in [-0.39, 0.29) is 6.61 Å². The summed E-state index contributed by atoms with van der Waals surface area (Å²) in [7, 11) is 2.08. The van der Waals surface area contributed by atoms with E-state index in [9.17, 15) is 4.79 Å². The van der Waals surface area contributed by atoms with Gasteiger partial charge in [-0.2, -0.15) is 0 Å². The smallest absolute Gasteiger partial charge is 0.341 e. The van der Waals surface area contributed by atoms with E-state index in [1.54, 1.807) is 0 Å². The van der Waals surface area contributed by atoms with Crippen LogP contribution in [0.25, 0.3) is 0 Å². The zero-order valence-corrected chi connectivity index (χ0v) is 12.7. The molecule has 4 nitrogen and oxygen atoms in total. The quantitative estimate of drug-likeness (QED) is 0.814. The van der Waals surface area contributed by atoms with Crippen LogP contribution in [0, 0.1) is 0 Å². The Morgan fingerprint density at radius 2 is 1.77 bits per heavy atom. The first-order valence-electron chi connectivity index (χ1n) is 7.30. The zero-order chi connectivity index (χ0) is 15.8. The Morgan fingerprint density at radius 1 is 1.09 bits per heavy atom. The summed E-state index contributed by atoms with van der Waals surface area (Å²) in [6.45, 7) is 1.46. The van der Waals surface area contributed by atoms with Gasteiger partial charge in [0.05, 0.1) is 0 Å². The lowest BCUT2D eigenvalue weighted by atomic mass is 10.1. The molecule has 0 atom stereocenters. The van der Waals surface area contributed by atoms with Crippen LogP contribution < -0.4 is 4.74 Å². The van der Waals surface area contributed by atoms with Gasteiger partial charge in [-0.15, -0.1) is 0 Å². The minimum absolute atomic E-state index is 0.309. The van der Waals surface area contributed by atoms with E-state index in [0.29, 0.717) is 5.75 Å². The molecule has 0 aromatic heterocycles. The molecule has 0 fully saturated rings. The fourth-order valence-corrected chi connectivity index (χ4v) is 2.28. The molecule has 116 valence electrons. The Morgan fingerprint density at radius 3 is 2.50 bits per heavy atom. The van der Waals surface area contributed by atoms with Crippen molar-refractivity contribution >= 4 is 5.97 Å². The van der Waals surface area contributed by atoms with Crippen LogP contribution in [-0.4, -0.2) is 36.2 Å². The van der Waals surface area contributed by atoms with Crippen molar-refractivity contribution in [3.05, 3.63) is 65.7 Å². The second kappa shape index (κ2) is 8.20. The standard InChI is InChI=1S/C18H21NO3/c1-19(13-15-7-3-2-4-8-15)12-11-16-9-5-6-10-17(16)22-14-18(20)21/h2-10H,11-14H2,1H3,(H,20,21). The first-order valence-corrected chi connectivity index (χ1v) is 7.30. The summed E-state index contributed by atoms with van der Waals surface area (Å²) in [6, 6.07) is 17.9. The van der Waals surface area contributed by atoms with Crippen molar-refractivity contribution in [3.8, 4) is 5.75 Å². The minimum atomic E-state index is -0.962. The molecule has 0 aliphatic carbocycles. The summed E-state index contributed by atoms with van der Waals surface area (Å²) < 4.78 is 5.33. The number of hydrogen-bond donors (Lipinski definition) is 1. The Hall–Kier alpha value is -2.33.